The van der Waals surface area contributed by atoms with E-state index in [1.165, 1.54) is 42.6 Å². The van der Waals surface area contributed by atoms with Crippen LogP contribution in [0, 0.1) is 23.7 Å². The number of ether oxygens (including phenoxy) is 1. The van der Waals surface area contributed by atoms with Gasteiger partial charge < -0.3 is 4.74 Å². The molecular weight excluding hydrogens is 302 g/mol. The maximum absolute atomic E-state index is 6.27. The summed E-state index contributed by atoms with van der Waals surface area (Å²) in [5.41, 5.74) is 2.58. The van der Waals surface area contributed by atoms with Crippen molar-refractivity contribution in [3.05, 3.63) is 40.6 Å². The standard InChI is InChI=1S/C20H21NOS/c1-20(19-21-15-4-2-3-5-16(15)23-19)18(22-20)17-13-7-11-6-12(9-13)10-14(17)8-11/h2-5,11-14H,6-10H2,1H3. The number of benzene rings is 1. The fourth-order valence-electron chi connectivity index (χ4n) is 5.79. The van der Waals surface area contributed by atoms with Gasteiger partial charge in [0.2, 0.25) is 5.60 Å². The number of aromatic nitrogens is 1. The Labute approximate surface area is 140 Å². The molecule has 23 heavy (non-hydrogen) atoms. The lowest BCUT2D eigenvalue weighted by Gasteiger charge is -2.51. The van der Waals surface area contributed by atoms with E-state index in [9.17, 15) is 0 Å². The summed E-state index contributed by atoms with van der Waals surface area (Å²) < 4.78 is 7.55. The summed E-state index contributed by atoms with van der Waals surface area (Å²) in [6.07, 6.45) is 7.19. The molecule has 118 valence electrons. The minimum Gasteiger partial charge on any atom is -0.472 e. The van der Waals surface area contributed by atoms with Gasteiger partial charge >= 0.3 is 0 Å². The number of hydrogen-bond acceptors (Lipinski definition) is 3. The van der Waals surface area contributed by atoms with Crippen LogP contribution in [0.2, 0.25) is 0 Å². The first kappa shape index (κ1) is 13.0. The predicted octanol–water partition coefficient (Wildman–Crippen LogP) is 5.25. The molecule has 7 rings (SSSR count). The Kier molecular flexibility index (Phi) is 2.37. The first-order valence-corrected chi connectivity index (χ1v) is 9.82. The maximum atomic E-state index is 6.27. The van der Waals surface area contributed by atoms with Gasteiger partial charge in [0.05, 0.1) is 10.2 Å². The zero-order chi connectivity index (χ0) is 15.2. The van der Waals surface area contributed by atoms with E-state index < -0.39 is 0 Å². The van der Waals surface area contributed by atoms with E-state index in [2.05, 4.69) is 31.2 Å². The van der Waals surface area contributed by atoms with E-state index in [1.54, 1.807) is 16.9 Å². The van der Waals surface area contributed by atoms with E-state index in [0.29, 0.717) is 0 Å². The number of hydrogen-bond donors (Lipinski definition) is 0. The average Bonchev–Trinajstić information content (AvgIpc) is 3.03. The van der Waals surface area contributed by atoms with Crippen LogP contribution in [0.3, 0.4) is 0 Å². The third-order valence-electron chi connectivity index (χ3n) is 6.68. The fraction of sp³-hybridized carbons (Fsp3) is 0.550. The number of para-hydroxylation sites is 1. The molecule has 0 amide bonds. The molecule has 2 nitrogen and oxygen atoms in total. The summed E-state index contributed by atoms with van der Waals surface area (Å²) in [6.45, 7) is 2.23. The summed E-state index contributed by atoms with van der Waals surface area (Å²) in [7, 11) is 0. The van der Waals surface area contributed by atoms with Crippen molar-refractivity contribution in [2.45, 2.75) is 44.6 Å². The third kappa shape index (κ3) is 1.72. The van der Waals surface area contributed by atoms with Gasteiger partial charge in [0.25, 0.3) is 0 Å². The Balaban J connectivity index is 1.43. The van der Waals surface area contributed by atoms with E-state index >= 15 is 0 Å². The SMILES string of the molecule is CC1(c2nc3ccccc3s2)OC1=C1C2CC3CC(C2)CC1C3. The summed E-state index contributed by atoms with van der Waals surface area (Å²) in [5, 5.41) is 1.15. The average molecular weight is 323 g/mol. The van der Waals surface area contributed by atoms with Crippen molar-refractivity contribution in [2.75, 3.05) is 0 Å². The molecule has 4 aliphatic carbocycles. The Bertz CT molecular complexity index is 787. The lowest BCUT2D eigenvalue weighted by atomic mass is 9.54. The molecule has 0 N–H and O–H groups in total. The van der Waals surface area contributed by atoms with Crippen LogP contribution in [0.4, 0.5) is 0 Å². The topological polar surface area (TPSA) is 25.4 Å². The fourth-order valence-corrected chi connectivity index (χ4v) is 6.84. The Hall–Kier alpha value is -1.35. The van der Waals surface area contributed by atoms with Crippen LogP contribution in [0.15, 0.2) is 35.6 Å². The van der Waals surface area contributed by atoms with Gasteiger partial charge in [-0.1, -0.05) is 12.1 Å². The van der Waals surface area contributed by atoms with Crippen molar-refractivity contribution in [1.29, 1.82) is 0 Å². The number of nitrogens with zero attached hydrogens (tertiary/aromatic N) is 1. The van der Waals surface area contributed by atoms with Gasteiger partial charge in [0.1, 0.15) is 10.8 Å². The zero-order valence-corrected chi connectivity index (χ0v) is 14.2. The van der Waals surface area contributed by atoms with Crippen molar-refractivity contribution < 1.29 is 4.74 Å². The van der Waals surface area contributed by atoms with Gasteiger partial charge in [-0.25, -0.2) is 4.98 Å². The molecule has 4 bridgehead atoms. The molecule has 2 heterocycles. The molecule has 5 fully saturated rings. The van der Waals surface area contributed by atoms with E-state index in [-0.39, 0.29) is 5.60 Å². The smallest absolute Gasteiger partial charge is 0.213 e. The Morgan fingerprint density at radius 1 is 1.04 bits per heavy atom. The predicted molar refractivity (Wildman–Crippen MR) is 92.1 cm³/mol. The largest absolute Gasteiger partial charge is 0.472 e. The van der Waals surface area contributed by atoms with Gasteiger partial charge in [0.15, 0.2) is 0 Å². The first-order chi connectivity index (χ1) is 11.2. The minimum absolute atomic E-state index is 0.228. The van der Waals surface area contributed by atoms with E-state index in [4.69, 9.17) is 9.72 Å². The molecule has 5 aliphatic rings. The first-order valence-electron chi connectivity index (χ1n) is 9.00. The van der Waals surface area contributed by atoms with Gasteiger partial charge in [-0.2, -0.15) is 0 Å². The van der Waals surface area contributed by atoms with E-state index in [1.807, 2.05) is 0 Å². The second-order valence-corrected chi connectivity index (χ2v) is 9.24. The highest BCUT2D eigenvalue weighted by molar-refractivity contribution is 7.18. The van der Waals surface area contributed by atoms with Crippen LogP contribution in [-0.2, 0) is 10.3 Å². The molecule has 2 aromatic rings. The molecular formula is C20H21NOS. The highest BCUT2D eigenvalue weighted by Gasteiger charge is 2.58. The molecule has 0 spiro atoms. The van der Waals surface area contributed by atoms with Crippen LogP contribution >= 0.6 is 11.3 Å². The molecule has 1 saturated heterocycles. The van der Waals surface area contributed by atoms with Crippen LogP contribution < -0.4 is 0 Å². The molecule has 1 atom stereocenters. The monoisotopic (exact) mass is 323 g/mol. The van der Waals surface area contributed by atoms with Crippen molar-refractivity contribution in [1.82, 2.24) is 4.98 Å². The molecule has 1 aromatic heterocycles. The van der Waals surface area contributed by atoms with Crippen LogP contribution in [-0.4, -0.2) is 4.98 Å². The number of allylic oxidation sites excluding steroid dienone is 1. The lowest BCUT2D eigenvalue weighted by Crippen LogP contribution is -2.40. The summed E-state index contributed by atoms with van der Waals surface area (Å²) in [6, 6.07) is 8.44. The third-order valence-corrected chi connectivity index (χ3v) is 7.92. The molecule has 1 aromatic carbocycles. The highest BCUT2D eigenvalue weighted by atomic mass is 32.1. The lowest BCUT2D eigenvalue weighted by molar-refractivity contribution is 0.0679. The van der Waals surface area contributed by atoms with Gasteiger partial charge in [-0.3, -0.25) is 0 Å². The second kappa shape index (κ2) is 4.18. The molecule has 1 unspecified atom stereocenters. The van der Waals surface area contributed by atoms with Crippen molar-refractivity contribution >= 4 is 21.6 Å². The van der Waals surface area contributed by atoms with Crippen molar-refractivity contribution in [3.8, 4) is 0 Å². The molecule has 0 radical (unpaired) electrons. The highest BCUT2D eigenvalue weighted by Crippen LogP contribution is 2.63. The minimum atomic E-state index is -0.228. The number of epoxide rings is 1. The number of fused-ring (bicyclic) bond motifs is 1. The van der Waals surface area contributed by atoms with Crippen molar-refractivity contribution in [3.63, 3.8) is 0 Å². The van der Waals surface area contributed by atoms with Crippen LogP contribution in [0.1, 0.15) is 44.0 Å². The molecule has 3 heteroatoms. The second-order valence-electron chi connectivity index (χ2n) is 8.21. The van der Waals surface area contributed by atoms with Crippen molar-refractivity contribution in [2.24, 2.45) is 23.7 Å². The van der Waals surface area contributed by atoms with Gasteiger partial charge in [0, 0.05) is 0 Å². The Morgan fingerprint density at radius 3 is 2.43 bits per heavy atom. The zero-order valence-electron chi connectivity index (χ0n) is 13.4. The number of rotatable bonds is 1. The Morgan fingerprint density at radius 2 is 1.74 bits per heavy atom. The summed E-state index contributed by atoms with van der Waals surface area (Å²) >= 11 is 1.80. The summed E-state index contributed by atoms with van der Waals surface area (Å²) in [4.78, 5) is 4.87. The van der Waals surface area contributed by atoms with Gasteiger partial charge in [-0.15, -0.1) is 11.3 Å². The quantitative estimate of drug-likeness (QED) is 0.670. The molecule has 4 saturated carbocycles. The number of thiazole rings is 1. The van der Waals surface area contributed by atoms with Gasteiger partial charge in [-0.05, 0) is 80.4 Å². The maximum Gasteiger partial charge on any atom is 0.213 e. The van der Waals surface area contributed by atoms with E-state index in [0.717, 1.165) is 34.2 Å². The van der Waals surface area contributed by atoms with Crippen LogP contribution in [0.5, 0.6) is 0 Å². The normalized spacial score (nSPS) is 40.7. The van der Waals surface area contributed by atoms with Crippen LogP contribution in [0.25, 0.3) is 10.2 Å². The summed E-state index contributed by atoms with van der Waals surface area (Å²) in [5.74, 6) is 4.95. The molecule has 1 aliphatic heterocycles.